The predicted octanol–water partition coefficient (Wildman–Crippen LogP) is 3.37. The highest BCUT2D eigenvalue weighted by atomic mass is 16.6. The largest absolute Gasteiger partial charge is 0.493 e. The van der Waals surface area contributed by atoms with E-state index in [1.165, 1.54) is 40.6 Å². The monoisotopic (exact) mass is 334 g/mol. The van der Waals surface area contributed by atoms with Crippen LogP contribution in [0.5, 0.6) is 23.0 Å². The average molecular weight is 334 g/mol. The maximum atomic E-state index is 11.1. The molecule has 0 aliphatic carbocycles. The summed E-state index contributed by atoms with van der Waals surface area (Å²) in [5, 5.41) is 14.2. The quantitative estimate of drug-likeness (QED) is 0.613. The van der Waals surface area contributed by atoms with E-state index in [0.29, 0.717) is 28.6 Å². The van der Waals surface area contributed by atoms with E-state index >= 15 is 0 Å². The molecule has 0 atom stereocenters. The molecule has 128 valence electrons. The molecule has 0 aliphatic rings. The van der Waals surface area contributed by atoms with E-state index in [0.717, 1.165) is 0 Å². The number of hydrogen-bond donors (Lipinski definition) is 1. The molecule has 2 aromatic rings. The summed E-state index contributed by atoms with van der Waals surface area (Å²) in [7, 11) is 5.92. The van der Waals surface area contributed by atoms with E-state index < -0.39 is 4.92 Å². The van der Waals surface area contributed by atoms with Crippen LogP contribution in [-0.2, 0) is 0 Å². The summed E-state index contributed by atoms with van der Waals surface area (Å²) in [4.78, 5) is 10.6. The molecular formula is C16H18N2O6. The van der Waals surface area contributed by atoms with Crippen LogP contribution >= 0.6 is 0 Å². The van der Waals surface area contributed by atoms with Crippen LogP contribution in [0, 0.1) is 10.1 Å². The molecule has 0 radical (unpaired) electrons. The summed E-state index contributed by atoms with van der Waals surface area (Å²) in [5.41, 5.74) is 1.02. The molecule has 24 heavy (non-hydrogen) atoms. The van der Waals surface area contributed by atoms with Gasteiger partial charge in [0.25, 0.3) is 0 Å². The summed E-state index contributed by atoms with van der Waals surface area (Å²) in [6.45, 7) is 0. The van der Waals surface area contributed by atoms with Crippen molar-refractivity contribution in [2.75, 3.05) is 33.8 Å². The zero-order valence-corrected chi connectivity index (χ0v) is 13.8. The van der Waals surface area contributed by atoms with Gasteiger partial charge >= 0.3 is 5.69 Å². The lowest BCUT2D eigenvalue weighted by atomic mass is 10.2. The number of nitrogens with zero attached hydrogens (tertiary/aromatic N) is 1. The summed E-state index contributed by atoms with van der Waals surface area (Å²) in [6, 6.07) is 8.00. The molecular weight excluding hydrogens is 316 g/mol. The third-order valence-corrected chi connectivity index (χ3v) is 3.33. The minimum absolute atomic E-state index is 0.130. The fourth-order valence-electron chi connectivity index (χ4n) is 2.23. The van der Waals surface area contributed by atoms with Gasteiger partial charge in [-0.05, 0) is 12.1 Å². The first kappa shape index (κ1) is 17.2. The van der Waals surface area contributed by atoms with E-state index in [1.807, 2.05) is 0 Å². The minimum atomic E-state index is -0.501. The third-order valence-electron chi connectivity index (χ3n) is 3.33. The highest BCUT2D eigenvalue weighted by Gasteiger charge is 2.17. The highest BCUT2D eigenvalue weighted by molar-refractivity contribution is 5.70. The number of hydrogen-bond acceptors (Lipinski definition) is 7. The second kappa shape index (κ2) is 7.40. The molecule has 0 fully saturated rings. The molecule has 0 aromatic heterocycles. The number of benzene rings is 2. The van der Waals surface area contributed by atoms with Crippen molar-refractivity contribution in [2.24, 2.45) is 0 Å². The van der Waals surface area contributed by atoms with Gasteiger partial charge in [0.05, 0.1) is 33.4 Å². The zero-order chi connectivity index (χ0) is 17.7. The molecule has 8 nitrogen and oxygen atoms in total. The van der Waals surface area contributed by atoms with Crippen molar-refractivity contribution in [1.29, 1.82) is 0 Å². The number of methoxy groups -OCH3 is 4. The third kappa shape index (κ3) is 3.43. The molecule has 1 N–H and O–H groups in total. The van der Waals surface area contributed by atoms with Crippen LogP contribution in [0.25, 0.3) is 0 Å². The van der Waals surface area contributed by atoms with E-state index in [9.17, 15) is 10.1 Å². The maximum Gasteiger partial charge on any atom is 0.312 e. The Bertz CT molecular complexity index is 722. The lowest BCUT2D eigenvalue weighted by molar-refractivity contribution is -0.385. The normalized spacial score (nSPS) is 10.0. The Hall–Kier alpha value is -3.16. The first-order chi connectivity index (χ1) is 11.5. The maximum absolute atomic E-state index is 11.1. The Morgan fingerprint density at radius 2 is 1.42 bits per heavy atom. The van der Waals surface area contributed by atoms with E-state index in [-0.39, 0.29) is 11.4 Å². The van der Waals surface area contributed by atoms with Gasteiger partial charge in [-0.25, -0.2) is 0 Å². The molecule has 0 amide bonds. The van der Waals surface area contributed by atoms with Gasteiger partial charge in [0.1, 0.15) is 0 Å². The van der Waals surface area contributed by atoms with Crippen LogP contribution in [-0.4, -0.2) is 33.4 Å². The second-order valence-electron chi connectivity index (χ2n) is 4.68. The summed E-state index contributed by atoms with van der Waals surface area (Å²) in [6.07, 6.45) is 0. The van der Waals surface area contributed by atoms with Gasteiger partial charge in [0, 0.05) is 29.6 Å². The first-order valence-electron chi connectivity index (χ1n) is 6.93. The van der Waals surface area contributed by atoms with Gasteiger partial charge in [-0.2, -0.15) is 0 Å². The van der Waals surface area contributed by atoms with Crippen molar-refractivity contribution in [3.8, 4) is 23.0 Å². The number of nitrogens with one attached hydrogen (secondary N) is 1. The minimum Gasteiger partial charge on any atom is -0.493 e. The van der Waals surface area contributed by atoms with Crippen molar-refractivity contribution in [3.05, 3.63) is 40.4 Å². The Labute approximate surface area is 139 Å². The lowest BCUT2D eigenvalue weighted by Gasteiger charge is -2.15. The number of ether oxygens (including phenoxy) is 4. The Kier molecular flexibility index (Phi) is 5.31. The Morgan fingerprint density at radius 1 is 0.833 bits per heavy atom. The van der Waals surface area contributed by atoms with E-state index in [4.69, 9.17) is 18.9 Å². The van der Waals surface area contributed by atoms with Crippen molar-refractivity contribution < 1.29 is 23.9 Å². The van der Waals surface area contributed by atoms with Gasteiger partial charge in [0.2, 0.25) is 5.75 Å². The molecule has 0 saturated carbocycles. The SMILES string of the molecule is COc1ccc(Nc2cc(OC)c(OC)c(OC)c2)cc1[N+](=O)[O-]. The predicted molar refractivity (Wildman–Crippen MR) is 89.0 cm³/mol. The average Bonchev–Trinajstić information content (AvgIpc) is 2.60. The van der Waals surface area contributed by atoms with Gasteiger partial charge in [-0.3, -0.25) is 10.1 Å². The fourth-order valence-corrected chi connectivity index (χ4v) is 2.23. The van der Waals surface area contributed by atoms with E-state index in [1.54, 1.807) is 18.2 Å². The molecule has 0 heterocycles. The second-order valence-corrected chi connectivity index (χ2v) is 4.68. The van der Waals surface area contributed by atoms with Crippen LogP contribution in [0.4, 0.5) is 17.1 Å². The smallest absolute Gasteiger partial charge is 0.312 e. The summed E-state index contributed by atoms with van der Waals surface area (Å²) < 4.78 is 20.8. The molecule has 0 bridgehead atoms. The molecule has 0 aliphatic heterocycles. The summed E-state index contributed by atoms with van der Waals surface area (Å²) >= 11 is 0. The molecule has 8 heteroatoms. The fraction of sp³-hybridized carbons (Fsp3) is 0.250. The highest BCUT2D eigenvalue weighted by Crippen LogP contribution is 2.41. The van der Waals surface area contributed by atoms with Gasteiger partial charge < -0.3 is 24.3 Å². The first-order valence-corrected chi connectivity index (χ1v) is 6.93. The number of nitro benzene ring substituents is 1. The van der Waals surface area contributed by atoms with Crippen molar-refractivity contribution in [2.45, 2.75) is 0 Å². The molecule has 0 unspecified atom stereocenters. The van der Waals surface area contributed by atoms with Crippen LogP contribution in [0.15, 0.2) is 30.3 Å². The van der Waals surface area contributed by atoms with Gasteiger partial charge in [-0.1, -0.05) is 0 Å². The van der Waals surface area contributed by atoms with Crippen LogP contribution in [0.2, 0.25) is 0 Å². The molecule has 2 aromatic carbocycles. The molecule has 2 rings (SSSR count). The van der Waals surface area contributed by atoms with Crippen molar-refractivity contribution in [1.82, 2.24) is 0 Å². The number of rotatable bonds is 7. The number of nitro groups is 1. The molecule has 0 saturated heterocycles. The molecule has 0 spiro atoms. The van der Waals surface area contributed by atoms with Gasteiger partial charge in [0.15, 0.2) is 17.2 Å². The van der Waals surface area contributed by atoms with E-state index in [2.05, 4.69) is 5.32 Å². The van der Waals surface area contributed by atoms with Crippen molar-refractivity contribution >= 4 is 17.1 Å². The number of anilines is 2. The van der Waals surface area contributed by atoms with Crippen molar-refractivity contribution in [3.63, 3.8) is 0 Å². The summed E-state index contributed by atoms with van der Waals surface area (Å²) in [5.74, 6) is 1.60. The van der Waals surface area contributed by atoms with Crippen LogP contribution in [0.1, 0.15) is 0 Å². The standard InChI is InChI=1S/C16H18N2O6/c1-21-13-6-5-10(7-12(13)18(19)20)17-11-8-14(22-2)16(24-4)15(9-11)23-3/h5-9,17H,1-4H3. The van der Waals surface area contributed by atoms with Gasteiger partial charge in [-0.15, -0.1) is 0 Å². The van der Waals surface area contributed by atoms with Crippen LogP contribution < -0.4 is 24.3 Å². The Balaban J connectivity index is 2.41. The topological polar surface area (TPSA) is 92.1 Å². The Morgan fingerprint density at radius 3 is 1.88 bits per heavy atom. The zero-order valence-electron chi connectivity index (χ0n) is 13.8. The lowest BCUT2D eigenvalue weighted by Crippen LogP contribution is -1.99. The van der Waals surface area contributed by atoms with Crippen LogP contribution in [0.3, 0.4) is 0 Å².